The topological polar surface area (TPSA) is 32.3 Å². The number of nitrogens with zero attached hydrogens (tertiary/aromatic N) is 1. The minimum absolute atomic E-state index is 0.305. The van der Waals surface area contributed by atoms with Crippen LogP contribution in [0.3, 0.4) is 0 Å². The number of thioether (sulfide) groups is 1. The van der Waals surface area contributed by atoms with Crippen LogP contribution >= 0.6 is 11.8 Å². The number of hydrogen-bond donors (Lipinski definition) is 1. The standard InChI is InChI=1S/C10H20N2OS/c1-8-6-12(7-9(2)11-8)10(13)4-5-14-3/h8-9,11H,4-7H2,1-3H3. The third-order valence-electron chi connectivity index (χ3n) is 2.43. The molecule has 0 aromatic rings. The van der Waals surface area contributed by atoms with Crippen molar-refractivity contribution in [2.24, 2.45) is 0 Å². The van der Waals surface area contributed by atoms with Crippen LogP contribution in [-0.4, -0.2) is 48.0 Å². The molecule has 0 spiro atoms. The average Bonchev–Trinajstić information content (AvgIpc) is 2.12. The second-order valence-electron chi connectivity index (χ2n) is 4.01. The van der Waals surface area contributed by atoms with Gasteiger partial charge >= 0.3 is 0 Å². The average molecular weight is 216 g/mol. The van der Waals surface area contributed by atoms with Gasteiger partial charge in [0.25, 0.3) is 0 Å². The first-order valence-electron chi connectivity index (χ1n) is 5.16. The van der Waals surface area contributed by atoms with Gasteiger partial charge in [0.1, 0.15) is 0 Å². The monoisotopic (exact) mass is 216 g/mol. The molecule has 1 amide bonds. The SMILES string of the molecule is CSCCC(=O)N1CC(C)NC(C)C1. The van der Waals surface area contributed by atoms with Gasteiger partial charge in [-0.3, -0.25) is 4.79 Å². The molecule has 14 heavy (non-hydrogen) atoms. The predicted molar refractivity (Wildman–Crippen MR) is 61.6 cm³/mol. The fraction of sp³-hybridized carbons (Fsp3) is 0.900. The van der Waals surface area contributed by atoms with Gasteiger partial charge in [-0.05, 0) is 20.1 Å². The fourth-order valence-electron chi connectivity index (χ4n) is 1.88. The Morgan fingerprint density at radius 2 is 2.00 bits per heavy atom. The minimum atomic E-state index is 0.305. The van der Waals surface area contributed by atoms with Crippen molar-refractivity contribution < 1.29 is 4.79 Å². The summed E-state index contributed by atoms with van der Waals surface area (Å²) < 4.78 is 0. The molecule has 0 bridgehead atoms. The fourth-order valence-corrected chi connectivity index (χ4v) is 2.26. The van der Waals surface area contributed by atoms with E-state index < -0.39 is 0 Å². The Hall–Kier alpha value is -0.220. The van der Waals surface area contributed by atoms with Gasteiger partial charge in [0.2, 0.25) is 5.91 Å². The van der Waals surface area contributed by atoms with Gasteiger partial charge in [-0.25, -0.2) is 0 Å². The lowest BCUT2D eigenvalue weighted by Gasteiger charge is -2.36. The summed E-state index contributed by atoms with van der Waals surface area (Å²) in [6.07, 6.45) is 2.72. The van der Waals surface area contributed by atoms with Crippen LogP contribution in [0.5, 0.6) is 0 Å². The van der Waals surface area contributed by atoms with Gasteiger partial charge in [0.15, 0.2) is 0 Å². The normalized spacial score (nSPS) is 27.8. The van der Waals surface area contributed by atoms with Crippen LogP contribution in [0.25, 0.3) is 0 Å². The number of amides is 1. The molecule has 0 aromatic heterocycles. The molecule has 1 heterocycles. The first-order valence-corrected chi connectivity index (χ1v) is 6.55. The van der Waals surface area contributed by atoms with Crippen LogP contribution < -0.4 is 5.32 Å². The molecule has 4 heteroatoms. The summed E-state index contributed by atoms with van der Waals surface area (Å²) in [5.41, 5.74) is 0. The van der Waals surface area contributed by atoms with Crippen molar-refractivity contribution in [1.29, 1.82) is 0 Å². The van der Waals surface area contributed by atoms with E-state index >= 15 is 0 Å². The summed E-state index contributed by atoms with van der Waals surface area (Å²) in [7, 11) is 0. The van der Waals surface area contributed by atoms with Crippen LogP contribution in [0.2, 0.25) is 0 Å². The van der Waals surface area contributed by atoms with Crippen molar-refractivity contribution in [3.63, 3.8) is 0 Å². The van der Waals surface area contributed by atoms with Crippen molar-refractivity contribution in [1.82, 2.24) is 10.2 Å². The van der Waals surface area contributed by atoms with Crippen LogP contribution in [0.1, 0.15) is 20.3 Å². The number of piperazine rings is 1. The largest absolute Gasteiger partial charge is 0.340 e. The molecule has 0 aromatic carbocycles. The zero-order valence-corrected chi connectivity index (χ0v) is 10.1. The molecule has 0 saturated carbocycles. The summed E-state index contributed by atoms with van der Waals surface area (Å²) in [6, 6.07) is 0.856. The number of hydrogen-bond acceptors (Lipinski definition) is 3. The number of nitrogens with one attached hydrogen (secondary N) is 1. The minimum Gasteiger partial charge on any atom is -0.340 e. The highest BCUT2D eigenvalue weighted by Gasteiger charge is 2.23. The van der Waals surface area contributed by atoms with Gasteiger partial charge in [0, 0.05) is 37.3 Å². The molecule has 1 fully saturated rings. The van der Waals surface area contributed by atoms with E-state index in [0.717, 1.165) is 18.8 Å². The van der Waals surface area contributed by atoms with E-state index in [0.29, 0.717) is 24.4 Å². The van der Waals surface area contributed by atoms with Crippen molar-refractivity contribution in [2.75, 3.05) is 25.1 Å². The maximum Gasteiger partial charge on any atom is 0.223 e. The second kappa shape index (κ2) is 5.61. The third-order valence-corrected chi connectivity index (χ3v) is 3.04. The summed E-state index contributed by atoms with van der Waals surface area (Å²) >= 11 is 1.73. The smallest absolute Gasteiger partial charge is 0.223 e. The molecular formula is C10H20N2OS. The lowest BCUT2D eigenvalue weighted by atomic mass is 10.1. The van der Waals surface area contributed by atoms with Crippen LogP contribution in [-0.2, 0) is 4.79 Å². The van der Waals surface area contributed by atoms with Crippen molar-refractivity contribution >= 4 is 17.7 Å². The maximum atomic E-state index is 11.7. The Balaban J connectivity index is 2.38. The maximum absolute atomic E-state index is 11.7. The lowest BCUT2D eigenvalue weighted by molar-refractivity contribution is -0.132. The van der Waals surface area contributed by atoms with Crippen molar-refractivity contribution in [2.45, 2.75) is 32.4 Å². The first kappa shape index (κ1) is 11.9. The van der Waals surface area contributed by atoms with Crippen molar-refractivity contribution in [3.8, 4) is 0 Å². The van der Waals surface area contributed by atoms with E-state index in [1.165, 1.54) is 0 Å². The molecule has 1 aliphatic heterocycles. The number of carbonyl (C=O) groups is 1. The quantitative estimate of drug-likeness (QED) is 0.762. The molecule has 82 valence electrons. The highest BCUT2D eigenvalue weighted by molar-refractivity contribution is 7.98. The van der Waals surface area contributed by atoms with Gasteiger partial charge < -0.3 is 10.2 Å². The van der Waals surface area contributed by atoms with E-state index in [-0.39, 0.29) is 0 Å². The molecule has 1 saturated heterocycles. The first-order chi connectivity index (χ1) is 6.63. The highest BCUT2D eigenvalue weighted by Crippen LogP contribution is 2.07. The zero-order chi connectivity index (χ0) is 10.6. The molecule has 3 nitrogen and oxygen atoms in total. The van der Waals surface area contributed by atoms with E-state index in [1.807, 2.05) is 11.2 Å². The highest BCUT2D eigenvalue weighted by atomic mass is 32.2. The number of carbonyl (C=O) groups excluding carboxylic acids is 1. The van der Waals surface area contributed by atoms with Gasteiger partial charge in [-0.15, -0.1) is 0 Å². The van der Waals surface area contributed by atoms with Crippen LogP contribution in [0.4, 0.5) is 0 Å². The molecule has 0 aliphatic carbocycles. The van der Waals surface area contributed by atoms with Crippen molar-refractivity contribution in [3.05, 3.63) is 0 Å². The molecule has 2 unspecified atom stereocenters. The van der Waals surface area contributed by atoms with Gasteiger partial charge in [-0.2, -0.15) is 11.8 Å². The molecular weight excluding hydrogens is 196 g/mol. The summed E-state index contributed by atoms with van der Waals surface area (Å²) in [5, 5.41) is 3.42. The van der Waals surface area contributed by atoms with Gasteiger partial charge in [-0.1, -0.05) is 0 Å². The Bertz CT molecular complexity index is 189. The lowest BCUT2D eigenvalue weighted by Crippen LogP contribution is -2.55. The Morgan fingerprint density at radius 1 is 1.43 bits per heavy atom. The predicted octanol–water partition coefficient (Wildman–Crippen LogP) is 0.948. The van der Waals surface area contributed by atoms with E-state index in [2.05, 4.69) is 19.2 Å². The Kier molecular flexibility index (Phi) is 4.75. The van der Waals surface area contributed by atoms with Crippen LogP contribution in [0, 0.1) is 0 Å². The molecule has 1 aliphatic rings. The third kappa shape index (κ3) is 3.50. The molecule has 1 N–H and O–H groups in total. The number of rotatable bonds is 3. The molecule has 2 atom stereocenters. The summed E-state index contributed by atoms with van der Waals surface area (Å²) in [6.45, 7) is 5.98. The van der Waals surface area contributed by atoms with Gasteiger partial charge in [0.05, 0.1) is 0 Å². The summed E-state index contributed by atoms with van der Waals surface area (Å²) in [4.78, 5) is 13.7. The molecule has 0 radical (unpaired) electrons. The molecule has 1 rings (SSSR count). The van der Waals surface area contributed by atoms with Crippen LogP contribution in [0.15, 0.2) is 0 Å². The Labute approximate surface area is 90.6 Å². The van der Waals surface area contributed by atoms with E-state index in [9.17, 15) is 4.79 Å². The second-order valence-corrected chi connectivity index (χ2v) is 5.00. The Morgan fingerprint density at radius 3 is 2.50 bits per heavy atom. The van der Waals surface area contributed by atoms with E-state index in [1.54, 1.807) is 11.8 Å². The van der Waals surface area contributed by atoms with E-state index in [4.69, 9.17) is 0 Å². The summed E-state index contributed by atoms with van der Waals surface area (Å²) in [5.74, 6) is 1.24. The zero-order valence-electron chi connectivity index (χ0n) is 9.25.